The van der Waals surface area contributed by atoms with Crippen LogP contribution in [-0.4, -0.2) is 24.1 Å². The van der Waals surface area contributed by atoms with Gasteiger partial charge >= 0.3 is 6.09 Å². The third-order valence-corrected chi connectivity index (χ3v) is 4.07. The lowest BCUT2D eigenvalue weighted by Gasteiger charge is -2.21. The molecule has 1 saturated carbocycles. The molecule has 0 saturated heterocycles. The van der Waals surface area contributed by atoms with E-state index in [0.717, 1.165) is 6.54 Å². The molecule has 2 amide bonds. The highest BCUT2D eigenvalue weighted by atomic mass is 16.6. The minimum Gasteiger partial charge on any atom is -0.444 e. The van der Waals surface area contributed by atoms with Crippen molar-refractivity contribution in [3.63, 3.8) is 0 Å². The van der Waals surface area contributed by atoms with E-state index >= 15 is 0 Å². The van der Waals surface area contributed by atoms with E-state index in [-0.39, 0.29) is 5.91 Å². The van der Waals surface area contributed by atoms with E-state index in [0.29, 0.717) is 17.2 Å². The fraction of sp³-hybridized carbons (Fsp3) is 0.579. The van der Waals surface area contributed by atoms with Crippen LogP contribution >= 0.6 is 0 Å². The molecule has 0 heterocycles. The maximum atomic E-state index is 12.2. The average Bonchev–Trinajstić information content (AvgIpc) is 2.52. The minimum atomic E-state index is -0.539. The maximum absolute atomic E-state index is 12.2. The summed E-state index contributed by atoms with van der Waals surface area (Å²) in [7, 11) is 0. The lowest BCUT2D eigenvalue weighted by atomic mass is 9.89. The summed E-state index contributed by atoms with van der Waals surface area (Å²) in [4.78, 5) is 23.9. The topological polar surface area (TPSA) is 67.4 Å². The molecule has 2 rings (SSSR count). The molecule has 0 aliphatic heterocycles. The summed E-state index contributed by atoms with van der Waals surface area (Å²) in [5, 5.41) is 5.66. The highest BCUT2D eigenvalue weighted by molar-refractivity contribution is 5.95. The van der Waals surface area contributed by atoms with Crippen molar-refractivity contribution in [3.05, 3.63) is 29.8 Å². The van der Waals surface area contributed by atoms with Crippen LogP contribution in [0.15, 0.2) is 24.3 Å². The van der Waals surface area contributed by atoms with Crippen LogP contribution in [0.25, 0.3) is 0 Å². The van der Waals surface area contributed by atoms with Gasteiger partial charge in [-0.1, -0.05) is 19.3 Å². The predicted molar refractivity (Wildman–Crippen MR) is 95.2 cm³/mol. The third kappa shape index (κ3) is 6.22. The third-order valence-electron chi connectivity index (χ3n) is 4.07. The van der Waals surface area contributed by atoms with Crippen molar-refractivity contribution in [2.75, 3.05) is 11.9 Å². The summed E-state index contributed by atoms with van der Waals surface area (Å²) in [6.45, 7) is 6.18. The van der Waals surface area contributed by atoms with E-state index in [1.54, 1.807) is 24.3 Å². The largest absolute Gasteiger partial charge is 0.444 e. The zero-order chi connectivity index (χ0) is 17.6. The van der Waals surface area contributed by atoms with Gasteiger partial charge < -0.3 is 10.1 Å². The summed E-state index contributed by atoms with van der Waals surface area (Å²) in [6, 6.07) is 6.84. The number of rotatable bonds is 4. The Hall–Kier alpha value is -2.04. The van der Waals surface area contributed by atoms with Gasteiger partial charge in [-0.3, -0.25) is 10.1 Å². The van der Waals surface area contributed by atoms with Crippen LogP contribution in [-0.2, 0) is 4.74 Å². The molecular weight excluding hydrogens is 304 g/mol. The minimum absolute atomic E-state index is 0.0654. The summed E-state index contributed by atoms with van der Waals surface area (Å²) in [5.74, 6) is 0.542. The zero-order valence-electron chi connectivity index (χ0n) is 14.9. The molecule has 0 aromatic heterocycles. The van der Waals surface area contributed by atoms with Gasteiger partial charge in [-0.15, -0.1) is 0 Å². The normalized spacial score (nSPS) is 15.6. The smallest absolute Gasteiger partial charge is 0.412 e. The first kappa shape index (κ1) is 18.3. The van der Waals surface area contributed by atoms with Crippen molar-refractivity contribution in [3.8, 4) is 0 Å². The van der Waals surface area contributed by atoms with Crippen molar-refractivity contribution in [1.29, 1.82) is 0 Å². The second-order valence-electron chi connectivity index (χ2n) is 7.42. The van der Waals surface area contributed by atoms with Crippen LogP contribution in [0.4, 0.5) is 10.5 Å². The molecule has 0 unspecified atom stereocenters. The molecule has 1 aliphatic rings. The van der Waals surface area contributed by atoms with E-state index < -0.39 is 11.7 Å². The molecule has 5 nitrogen and oxygen atoms in total. The number of nitrogens with one attached hydrogen (secondary N) is 2. The van der Waals surface area contributed by atoms with Crippen molar-refractivity contribution in [2.45, 2.75) is 58.5 Å². The molecule has 2 N–H and O–H groups in total. The van der Waals surface area contributed by atoms with Gasteiger partial charge in [-0.05, 0) is 63.8 Å². The molecule has 0 bridgehead atoms. The first-order valence-electron chi connectivity index (χ1n) is 8.72. The number of hydrogen-bond acceptors (Lipinski definition) is 3. The van der Waals surface area contributed by atoms with Gasteiger partial charge in [0, 0.05) is 17.8 Å². The van der Waals surface area contributed by atoms with Crippen LogP contribution in [0.3, 0.4) is 0 Å². The molecule has 5 heteroatoms. The predicted octanol–water partition coefficient (Wildman–Crippen LogP) is 4.34. The monoisotopic (exact) mass is 332 g/mol. The number of carbonyl (C=O) groups is 2. The Kier molecular flexibility index (Phi) is 6.23. The first-order chi connectivity index (χ1) is 11.3. The molecule has 1 aromatic carbocycles. The number of anilines is 1. The number of hydrogen-bond donors (Lipinski definition) is 2. The van der Waals surface area contributed by atoms with Crippen LogP contribution < -0.4 is 10.6 Å². The van der Waals surface area contributed by atoms with Crippen molar-refractivity contribution in [2.24, 2.45) is 5.92 Å². The molecule has 0 spiro atoms. The van der Waals surface area contributed by atoms with Crippen LogP contribution in [0.5, 0.6) is 0 Å². The Balaban J connectivity index is 1.82. The number of carbonyl (C=O) groups excluding carboxylic acids is 2. The number of ether oxygens (including phenoxy) is 1. The highest BCUT2D eigenvalue weighted by Crippen LogP contribution is 2.22. The molecule has 132 valence electrons. The SMILES string of the molecule is CC(C)(C)OC(=O)Nc1ccc(C(=O)NCC2CCCCC2)cc1. The van der Waals surface area contributed by atoms with E-state index in [9.17, 15) is 9.59 Å². The van der Waals surface area contributed by atoms with E-state index in [1.807, 2.05) is 20.8 Å². The summed E-state index contributed by atoms with van der Waals surface area (Å²) >= 11 is 0. The van der Waals surface area contributed by atoms with Gasteiger partial charge in [0.15, 0.2) is 0 Å². The maximum Gasteiger partial charge on any atom is 0.412 e. The Bertz CT molecular complexity index is 555. The molecule has 1 fully saturated rings. The lowest BCUT2D eigenvalue weighted by Crippen LogP contribution is -2.30. The van der Waals surface area contributed by atoms with E-state index in [4.69, 9.17) is 4.74 Å². The quantitative estimate of drug-likeness (QED) is 0.861. The summed E-state index contributed by atoms with van der Waals surface area (Å²) < 4.78 is 5.20. The Labute approximate surface area is 144 Å². The van der Waals surface area contributed by atoms with Gasteiger partial charge in [-0.25, -0.2) is 4.79 Å². The molecule has 1 aromatic rings. The summed E-state index contributed by atoms with van der Waals surface area (Å²) in [6.07, 6.45) is 5.77. The van der Waals surface area contributed by atoms with E-state index in [2.05, 4.69) is 10.6 Å². The van der Waals surface area contributed by atoms with Gasteiger partial charge in [0.25, 0.3) is 5.91 Å². The zero-order valence-corrected chi connectivity index (χ0v) is 14.9. The lowest BCUT2D eigenvalue weighted by molar-refractivity contribution is 0.0635. The van der Waals surface area contributed by atoms with E-state index in [1.165, 1.54) is 32.1 Å². The Morgan fingerprint density at radius 2 is 1.71 bits per heavy atom. The fourth-order valence-corrected chi connectivity index (χ4v) is 2.86. The van der Waals surface area contributed by atoms with Gasteiger partial charge in [0.2, 0.25) is 0 Å². The van der Waals surface area contributed by atoms with Gasteiger partial charge in [-0.2, -0.15) is 0 Å². The van der Waals surface area contributed by atoms with Crippen LogP contribution in [0.2, 0.25) is 0 Å². The molecule has 0 atom stereocenters. The standard InChI is InChI=1S/C19H28N2O3/c1-19(2,3)24-18(23)21-16-11-9-15(10-12-16)17(22)20-13-14-7-5-4-6-8-14/h9-12,14H,4-8,13H2,1-3H3,(H,20,22)(H,21,23). The molecule has 24 heavy (non-hydrogen) atoms. The Morgan fingerprint density at radius 1 is 1.08 bits per heavy atom. The van der Waals surface area contributed by atoms with Crippen molar-refractivity contribution in [1.82, 2.24) is 5.32 Å². The van der Waals surface area contributed by atoms with Gasteiger partial charge in [0.05, 0.1) is 0 Å². The molecular formula is C19H28N2O3. The highest BCUT2D eigenvalue weighted by Gasteiger charge is 2.17. The Morgan fingerprint density at radius 3 is 2.29 bits per heavy atom. The average molecular weight is 332 g/mol. The van der Waals surface area contributed by atoms with Crippen molar-refractivity contribution >= 4 is 17.7 Å². The number of amides is 2. The second-order valence-corrected chi connectivity index (χ2v) is 7.42. The molecule has 0 radical (unpaired) electrons. The van der Waals surface area contributed by atoms with Gasteiger partial charge in [0.1, 0.15) is 5.60 Å². The van der Waals surface area contributed by atoms with Crippen LogP contribution in [0, 0.1) is 5.92 Å². The second kappa shape index (κ2) is 8.18. The fourth-order valence-electron chi connectivity index (χ4n) is 2.86. The van der Waals surface area contributed by atoms with Crippen LogP contribution in [0.1, 0.15) is 63.2 Å². The number of benzene rings is 1. The summed E-state index contributed by atoms with van der Waals surface area (Å²) in [5.41, 5.74) is 0.664. The first-order valence-corrected chi connectivity index (χ1v) is 8.72. The van der Waals surface area contributed by atoms with Crippen molar-refractivity contribution < 1.29 is 14.3 Å². The molecule has 1 aliphatic carbocycles.